The lowest BCUT2D eigenvalue weighted by atomic mass is 9.59. The van der Waals surface area contributed by atoms with Crippen LogP contribution in [0.4, 0.5) is 0 Å². The first-order valence-electron chi connectivity index (χ1n) is 18.5. The maximum absolute atomic E-state index is 6.75. The molecule has 252 valence electrons. The fraction of sp³-hybridized carbons (Fsp3) is 0.0196. The van der Waals surface area contributed by atoms with E-state index in [0.717, 1.165) is 88.1 Å². The number of rotatable bonds is 3. The smallest absolute Gasteiger partial charge is 0.145 e. The first-order chi connectivity index (χ1) is 26.7. The molecule has 0 saturated heterocycles. The van der Waals surface area contributed by atoms with Gasteiger partial charge in [-0.2, -0.15) is 0 Å². The molecule has 0 aliphatic heterocycles. The normalized spacial score (nSPS) is 13.7. The summed E-state index contributed by atoms with van der Waals surface area (Å²) < 4.78 is 15.9. The summed E-state index contributed by atoms with van der Waals surface area (Å²) in [6.07, 6.45) is 0. The van der Waals surface area contributed by atoms with Gasteiger partial charge in [-0.3, -0.25) is 0 Å². The van der Waals surface area contributed by atoms with Crippen LogP contribution in [-0.2, 0) is 5.41 Å². The fourth-order valence-corrected chi connectivity index (χ4v) is 9.60. The summed E-state index contributed by atoms with van der Waals surface area (Å²) in [4.78, 5) is 0. The number of fused-ring (bicyclic) bond motifs is 13. The Bertz CT molecular complexity index is 3170. The van der Waals surface area contributed by atoms with Crippen molar-refractivity contribution in [2.45, 2.75) is 5.41 Å². The van der Waals surface area contributed by atoms with Gasteiger partial charge in [0.15, 0.2) is 0 Å². The molecule has 8 aromatic carbocycles. The van der Waals surface area contributed by atoms with Crippen LogP contribution in [0.25, 0.3) is 76.9 Å². The van der Waals surface area contributed by atoms with Crippen molar-refractivity contribution in [3.63, 3.8) is 0 Å². The van der Waals surface area contributed by atoms with Crippen LogP contribution in [0.5, 0.6) is 0 Å². The molecule has 0 fully saturated rings. The van der Waals surface area contributed by atoms with Crippen LogP contribution < -0.4 is 0 Å². The van der Waals surface area contributed by atoms with Crippen molar-refractivity contribution in [2.24, 2.45) is 0 Å². The molecule has 0 bridgehead atoms. The number of furan rings is 2. The average Bonchev–Trinajstić information content (AvgIpc) is 3.91. The molecule has 0 N–H and O–H groups in total. The average molecular weight is 690 g/mol. The van der Waals surface area contributed by atoms with Crippen molar-refractivity contribution < 1.29 is 8.83 Å². The molecule has 12 rings (SSSR count). The Balaban J connectivity index is 1.21. The van der Waals surface area contributed by atoms with Gasteiger partial charge in [-0.05, 0) is 87.5 Å². The minimum atomic E-state index is -0.546. The lowest BCUT2D eigenvalue weighted by molar-refractivity contribution is 0.670. The Kier molecular flexibility index (Phi) is 5.85. The third-order valence-electron chi connectivity index (χ3n) is 11.8. The van der Waals surface area contributed by atoms with E-state index >= 15 is 0 Å². The predicted octanol–water partition coefficient (Wildman–Crippen LogP) is 13.3. The summed E-state index contributed by atoms with van der Waals surface area (Å²) in [6, 6.07) is 63.1. The highest BCUT2D eigenvalue weighted by molar-refractivity contribution is 6.30. The Morgan fingerprint density at radius 3 is 1.52 bits per heavy atom. The van der Waals surface area contributed by atoms with Gasteiger partial charge in [0, 0.05) is 27.2 Å². The van der Waals surface area contributed by atoms with Gasteiger partial charge in [0.25, 0.3) is 0 Å². The molecule has 1 aliphatic rings. The molecule has 0 radical (unpaired) electrons. The molecule has 0 spiro atoms. The number of para-hydroxylation sites is 2. The highest BCUT2D eigenvalue weighted by Gasteiger charge is 2.44. The van der Waals surface area contributed by atoms with Crippen LogP contribution >= 0.6 is 0 Å². The molecule has 0 amide bonds. The van der Waals surface area contributed by atoms with E-state index in [9.17, 15) is 0 Å². The fourth-order valence-electron chi connectivity index (χ4n) is 9.60. The van der Waals surface area contributed by atoms with Gasteiger partial charge in [-0.1, -0.05) is 134 Å². The van der Waals surface area contributed by atoms with Crippen LogP contribution in [0.15, 0.2) is 191 Å². The number of hydrogen-bond donors (Lipinski definition) is 0. The summed E-state index contributed by atoms with van der Waals surface area (Å²) in [5.41, 5.74) is 14.3. The second-order valence-electron chi connectivity index (χ2n) is 14.4. The first kappa shape index (κ1) is 29.5. The summed E-state index contributed by atoms with van der Waals surface area (Å²) >= 11 is 0. The quantitative estimate of drug-likeness (QED) is 0.185. The van der Waals surface area contributed by atoms with Crippen molar-refractivity contribution in [1.82, 2.24) is 4.57 Å². The minimum Gasteiger partial charge on any atom is -0.455 e. The Hall–Kier alpha value is -7.10. The largest absolute Gasteiger partial charge is 0.455 e. The van der Waals surface area contributed by atoms with Gasteiger partial charge in [0.1, 0.15) is 22.3 Å². The molecular formula is C51H31NO2. The number of nitrogens with zero attached hydrogens (tertiary/aromatic N) is 1. The molecule has 54 heavy (non-hydrogen) atoms. The van der Waals surface area contributed by atoms with Gasteiger partial charge in [-0.15, -0.1) is 0 Å². The van der Waals surface area contributed by atoms with Gasteiger partial charge in [0.05, 0.1) is 27.2 Å². The Morgan fingerprint density at radius 1 is 0.426 bits per heavy atom. The van der Waals surface area contributed by atoms with Crippen molar-refractivity contribution in [3.05, 3.63) is 216 Å². The molecule has 11 aromatic rings. The third kappa shape index (κ3) is 3.70. The van der Waals surface area contributed by atoms with E-state index in [-0.39, 0.29) is 0 Å². The summed E-state index contributed by atoms with van der Waals surface area (Å²) in [7, 11) is 0. The number of aromatic nitrogens is 1. The zero-order valence-corrected chi connectivity index (χ0v) is 29.2. The van der Waals surface area contributed by atoms with Gasteiger partial charge >= 0.3 is 0 Å². The van der Waals surface area contributed by atoms with E-state index in [1.54, 1.807) is 0 Å². The SMILES string of the molecule is C=C1c2ccccc2C(c2ccccc2)(c2ccccc2)c2ccc(-n3c4ccc5c6ccccc6oc5c4c4c5oc6ccccc6c5ccc43)cc21. The van der Waals surface area contributed by atoms with Crippen LogP contribution in [0.2, 0.25) is 0 Å². The van der Waals surface area contributed by atoms with E-state index in [0.29, 0.717) is 0 Å². The molecule has 3 nitrogen and oxygen atoms in total. The van der Waals surface area contributed by atoms with Crippen molar-refractivity contribution >= 4 is 71.3 Å². The van der Waals surface area contributed by atoms with E-state index in [4.69, 9.17) is 15.4 Å². The van der Waals surface area contributed by atoms with Crippen molar-refractivity contribution in [3.8, 4) is 5.69 Å². The molecule has 3 heteroatoms. The first-order valence-corrected chi connectivity index (χ1v) is 18.5. The van der Waals surface area contributed by atoms with Crippen LogP contribution in [0.3, 0.4) is 0 Å². The van der Waals surface area contributed by atoms with E-state index in [2.05, 4.69) is 168 Å². The molecular weight excluding hydrogens is 659 g/mol. The molecule has 0 atom stereocenters. The van der Waals surface area contributed by atoms with Crippen molar-refractivity contribution in [1.29, 1.82) is 0 Å². The molecule has 3 heterocycles. The van der Waals surface area contributed by atoms with Crippen LogP contribution in [0.1, 0.15) is 33.4 Å². The standard InChI is InChI=1S/C51H31NO2/c1-31-35-18-8-11-21-41(35)51(32-14-4-2-5-15-32,33-16-6-3-7-17-33)42-27-24-34(30-40(31)42)52-43-28-25-38-36-19-9-12-22-45(36)53-49(38)47(43)48-44(52)29-26-39-37-20-10-13-23-46(37)54-50(39)48/h2-30H,1H2. The highest BCUT2D eigenvalue weighted by atomic mass is 16.3. The Morgan fingerprint density at radius 2 is 0.926 bits per heavy atom. The monoisotopic (exact) mass is 689 g/mol. The minimum absolute atomic E-state index is 0.546. The number of benzene rings is 8. The molecule has 3 aromatic heterocycles. The van der Waals surface area contributed by atoms with Gasteiger partial charge in [-0.25, -0.2) is 0 Å². The third-order valence-corrected chi connectivity index (χ3v) is 11.8. The molecule has 0 unspecified atom stereocenters. The highest BCUT2D eigenvalue weighted by Crippen LogP contribution is 2.54. The van der Waals surface area contributed by atoms with E-state index in [1.165, 1.54) is 22.3 Å². The lowest BCUT2D eigenvalue weighted by Gasteiger charge is -2.43. The predicted molar refractivity (Wildman–Crippen MR) is 222 cm³/mol. The number of hydrogen-bond acceptors (Lipinski definition) is 2. The zero-order valence-electron chi connectivity index (χ0n) is 29.2. The Labute approximate surface area is 310 Å². The van der Waals surface area contributed by atoms with E-state index < -0.39 is 5.41 Å². The van der Waals surface area contributed by atoms with E-state index in [1.807, 2.05) is 12.1 Å². The maximum Gasteiger partial charge on any atom is 0.145 e. The van der Waals surface area contributed by atoms with Crippen molar-refractivity contribution in [2.75, 3.05) is 0 Å². The second kappa shape index (κ2) is 10.7. The topological polar surface area (TPSA) is 31.2 Å². The van der Waals surface area contributed by atoms with Crippen LogP contribution in [-0.4, -0.2) is 4.57 Å². The lowest BCUT2D eigenvalue weighted by Crippen LogP contribution is -2.35. The second-order valence-corrected chi connectivity index (χ2v) is 14.4. The summed E-state index contributed by atoms with van der Waals surface area (Å²) in [6.45, 7) is 4.79. The maximum atomic E-state index is 6.75. The van der Waals surface area contributed by atoms with Gasteiger partial charge in [0.2, 0.25) is 0 Å². The summed E-state index contributed by atoms with van der Waals surface area (Å²) in [5, 5.41) is 6.50. The van der Waals surface area contributed by atoms with Gasteiger partial charge < -0.3 is 13.4 Å². The summed E-state index contributed by atoms with van der Waals surface area (Å²) in [5.74, 6) is 0. The molecule has 0 saturated carbocycles. The molecule has 1 aliphatic carbocycles. The zero-order chi connectivity index (χ0) is 35.5. The van der Waals surface area contributed by atoms with Crippen LogP contribution in [0, 0.1) is 0 Å².